The highest BCUT2D eigenvalue weighted by atomic mass is 19.4. The summed E-state index contributed by atoms with van der Waals surface area (Å²) < 4.78 is 81.2. The fourth-order valence-corrected chi connectivity index (χ4v) is 5.05. The van der Waals surface area contributed by atoms with E-state index in [1.807, 2.05) is 4.90 Å². The first kappa shape index (κ1) is 29.4. The zero-order valence-electron chi connectivity index (χ0n) is 22.7. The molecule has 42 heavy (non-hydrogen) atoms. The standard InChI is InChI=1S/C27H27F6N9/c1-3-41(4-2)17-8-11-42(12-9-17)22-13-18(27(31,32)33)23(40-39-22)20-15-36-24-19(7-10-34-25(24)38-20)37-21-6-5-16(14-35-21)26(28,29)30/h5-7,10,13-15,17H,3-4,8-9,11-12H2,1-2H3,(H,34,35,37,38). The van der Waals surface area contributed by atoms with E-state index >= 15 is 0 Å². The molecule has 1 aliphatic heterocycles. The van der Waals surface area contributed by atoms with Crippen LogP contribution in [0.4, 0.5) is 43.7 Å². The molecule has 5 heterocycles. The number of halogens is 6. The van der Waals surface area contributed by atoms with Crippen molar-refractivity contribution in [1.29, 1.82) is 0 Å². The molecule has 1 aliphatic rings. The van der Waals surface area contributed by atoms with Gasteiger partial charge in [0.15, 0.2) is 11.5 Å². The molecule has 9 nitrogen and oxygen atoms in total. The fraction of sp³-hybridized carbons (Fsp3) is 0.407. The Balaban J connectivity index is 1.41. The molecule has 0 radical (unpaired) electrons. The summed E-state index contributed by atoms with van der Waals surface area (Å²) in [6.45, 7) is 7.15. The average Bonchev–Trinajstić information content (AvgIpc) is 2.97. The number of fused-ring (bicyclic) bond motifs is 1. The Kier molecular flexibility index (Phi) is 8.12. The zero-order chi connectivity index (χ0) is 30.1. The normalized spacial score (nSPS) is 15.0. The number of anilines is 3. The van der Waals surface area contributed by atoms with Gasteiger partial charge in [-0.2, -0.15) is 26.3 Å². The van der Waals surface area contributed by atoms with Crippen LogP contribution < -0.4 is 10.2 Å². The number of nitrogens with one attached hydrogen (secondary N) is 1. The van der Waals surface area contributed by atoms with Crippen LogP contribution in [0.1, 0.15) is 37.8 Å². The second kappa shape index (κ2) is 11.6. The molecule has 0 saturated carbocycles. The van der Waals surface area contributed by atoms with E-state index in [4.69, 9.17) is 0 Å². The highest BCUT2D eigenvalue weighted by Gasteiger charge is 2.37. The van der Waals surface area contributed by atoms with Crippen LogP contribution in [0, 0.1) is 0 Å². The molecule has 0 aliphatic carbocycles. The van der Waals surface area contributed by atoms with Crippen molar-refractivity contribution in [1.82, 2.24) is 35.0 Å². The molecule has 1 saturated heterocycles. The Morgan fingerprint density at radius 2 is 1.64 bits per heavy atom. The predicted octanol–water partition coefficient (Wildman–Crippen LogP) is 5.97. The summed E-state index contributed by atoms with van der Waals surface area (Å²) >= 11 is 0. The van der Waals surface area contributed by atoms with Gasteiger partial charge in [-0.05, 0) is 50.2 Å². The first-order chi connectivity index (χ1) is 20.0. The summed E-state index contributed by atoms with van der Waals surface area (Å²) in [5.74, 6) is 0.245. The van der Waals surface area contributed by atoms with Crippen LogP contribution in [0.5, 0.6) is 0 Å². The number of alkyl halides is 6. The molecule has 0 aromatic carbocycles. The molecule has 4 aromatic heterocycles. The van der Waals surface area contributed by atoms with E-state index in [1.165, 1.54) is 12.3 Å². The van der Waals surface area contributed by atoms with Crippen molar-refractivity contribution in [2.45, 2.75) is 45.1 Å². The van der Waals surface area contributed by atoms with Crippen LogP contribution in [0.2, 0.25) is 0 Å². The number of pyridine rings is 2. The molecule has 1 fully saturated rings. The lowest BCUT2D eigenvalue weighted by atomic mass is 10.0. The van der Waals surface area contributed by atoms with Crippen molar-refractivity contribution >= 4 is 28.5 Å². The maximum absolute atomic E-state index is 14.2. The van der Waals surface area contributed by atoms with Gasteiger partial charge in [0, 0.05) is 31.5 Å². The highest BCUT2D eigenvalue weighted by molar-refractivity contribution is 5.87. The molecule has 0 atom stereocenters. The Hall–Kier alpha value is -4.14. The van der Waals surface area contributed by atoms with Crippen LogP contribution in [0.3, 0.4) is 0 Å². The van der Waals surface area contributed by atoms with Crippen LogP contribution in [-0.4, -0.2) is 67.3 Å². The number of rotatable bonds is 7. The van der Waals surface area contributed by atoms with E-state index < -0.39 is 29.2 Å². The van der Waals surface area contributed by atoms with Crippen molar-refractivity contribution in [3.63, 3.8) is 0 Å². The van der Waals surface area contributed by atoms with Crippen LogP contribution in [0.15, 0.2) is 42.9 Å². The van der Waals surface area contributed by atoms with Gasteiger partial charge in [0.25, 0.3) is 0 Å². The van der Waals surface area contributed by atoms with Crippen molar-refractivity contribution < 1.29 is 26.3 Å². The summed E-state index contributed by atoms with van der Waals surface area (Å²) in [6, 6.07) is 4.88. The lowest BCUT2D eigenvalue weighted by Gasteiger charge is -2.38. The summed E-state index contributed by atoms with van der Waals surface area (Å²) in [6.07, 6.45) is -4.49. The highest BCUT2D eigenvalue weighted by Crippen LogP contribution is 2.37. The zero-order valence-corrected chi connectivity index (χ0v) is 22.7. The van der Waals surface area contributed by atoms with Gasteiger partial charge >= 0.3 is 12.4 Å². The minimum atomic E-state index is -4.73. The average molecular weight is 592 g/mol. The van der Waals surface area contributed by atoms with Crippen LogP contribution >= 0.6 is 0 Å². The molecule has 0 amide bonds. The third-order valence-electron chi connectivity index (χ3n) is 7.25. The molecular weight excluding hydrogens is 564 g/mol. The van der Waals surface area contributed by atoms with Gasteiger partial charge in [0.1, 0.15) is 22.7 Å². The van der Waals surface area contributed by atoms with Gasteiger partial charge < -0.3 is 15.1 Å². The van der Waals surface area contributed by atoms with Gasteiger partial charge in [-0.1, -0.05) is 13.8 Å². The van der Waals surface area contributed by atoms with Crippen LogP contribution in [-0.2, 0) is 12.4 Å². The quantitative estimate of drug-likeness (QED) is 0.261. The fourth-order valence-electron chi connectivity index (χ4n) is 5.05. The Labute approximate surface area is 237 Å². The second-order valence-electron chi connectivity index (χ2n) is 9.74. The Bertz CT molecular complexity index is 1530. The topological polar surface area (TPSA) is 95.8 Å². The first-order valence-corrected chi connectivity index (χ1v) is 13.3. The molecular formula is C27H27F6N9. The van der Waals surface area contributed by atoms with E-state index in [9.17, 15) is 26.3 Å². The number of nitrogens with zero attached hydrogens (tertiary/aromatic N) is 8. The SMILES string of the molecule is CCN(CC)C1CCN(c2cc(C(F)(F)F)c(-c3cnc4c(Nc5ccc(C(F)(F)F)cn5)ccnc4n3)nn2)CC1. The third kappa shape index (κ3) is 6.20. The third-order valence-corrected chi connectivity index (χ3v) is 7.25. The summed E-state index contributed by atoms with van der Waals surface area (Å²) in [5.41, 5.74) is -2.07. The molecule has 4 aromatic rings. The molecule has 1 N–H and O–H groups in total. The number of piperidine rings is 1. The maximum atomic E-state index is 14.2. The number of hydrogen-bond donors (Lipinski definition) is 1. The van der Waals surface area contributed by atoms with E-state index in [1.54, 1.807) is 0 Å². The summed E-state index contributed by atoms with van der Waals surface area (Å²) in [5, 5.41) is 10.9. The minimum Gasteiger partial charge on any atom is -0.355 e. The summed E-state index contributed by atoms with van der Waals surface area (Å²) in [4.78, 5) is 20.5. The van der Waals surface area contributed by atoms with Crippen molar-refractivity contribution in [3.05, 3.63) is 54.0 Å². The van der Waals surface area contributed by atoms with Gasteiger partial charge in [-0.25, -0.2) is 19.9 Å². The van der Waals surface area contributed by atoms with Crippen molar-refractivity contribution in [2.24, 2.45) is 0 Å². The van der Waals surface area contributed by atoms with E-state index in [0.717, 1.165) is 50.3 Å². The van der Waals surface area contributed by atoms with E-state index in [-0.39, 0.29) is 28.5 Å². The van der Waals surface area contributed by atoms with E-state index in [2.05, 4.69) is 54.2 Å². The van der Waals surface area contributed by atoms with Gasteiger partial charge in [-0.3, -0.25) is 0 Å². The number of aromatic nitrogens is 6. The largest absolute Gasteiger partial charge is 0.418 e. The van der Waals surface area contributed by atoms with Gasteiger partial charge in [-0.15, -0.1) is 10.2 Å². The lowest BCUT2D eigenvalue weighted by Crippen LogP contribution is -2.45. The van der Waals surface area contributed by atoms with Crippen molar-refractivity contribution in [2.75, 3.05) is 36.4 Å². The molecule has 5 rings (SSSR count). The monoisotopic (exact) mass is 591 g/mol. The molecule has 15 heteroatoms. The molecule has 0 spiro atoms. The number of hydrogen-bond acceptors (Lipinski definition) is 9. The second-order valence-corrected chi connectivity index (χ2v) is 9.74. The Morgan fingerprint density at radius 1 is 0.905 bits per heavy atom. The minimum absolute atomic E-state index is 0.00175. The summed E-state index contributed by atoms with van der Waals surface area (Å²) in [7, 11) is 0. The molecule has 222 valence electrons. The molecule has 0 unspecified atom stereocenters. The Morgan fingerprint density at radius 3 is 2.26 bits per heavy atom. The molecule has 0 bridgehead atoms. The van der Waals surface area contributed by atoms with Gasteiger partial charge in [0.05, 0.1) is 23.0 Å². The van der Waals surface area contributed by atoms with Crippen LogP contribution in [0.25, 0.3) is 22.6 Å². The first-order valence-electron chi connectivity index (χ1n) is 13.3. The predicted molar refractivity (Wildman–Crippen MR) is 144 cm³/mol. The van der Waals surface area contributed by atoms with Gasteiger partial charge in [0.2, 0.25) is 0 Å². The van der Waals surface area contributed by atoms with E-state index in [0.29, 0.717) is 31.0 Å². The smallest absolute Gasteiger partial charge is 0.355 e. The maximum Gasteiger partial charge on any atom is 0.418 e. The van der Waals surface area contributed by atoms with Crippen molar-refractivity contribution in [3.8, 4) is 11.4 Å². The lowest BCUT2D eigenvalue weighted by molar-refractivity contribution is -0.138.